The summed E-state index contributed by atoms with van der Waals surface area (Å²) in [5, 5.41) is 18.1. The Morgan fingerprint density at radius 3 is 2.65 bits per heavy atom. The Hall–Kier alpha value is -3.76. The van der Waals surface area contributed by atoms with Gasteiger partial charge in [-0.2, -0.15) is 0 Å². The number of carbonyl (C=O) groups is 2. The van der Waals surface area contributed by atoms with E-state index >= 15 is 0 Å². The minimum absolute atomic E-state index is 0.0965. The zero-order chi connectivity index (χ0) is 23.9. The van der Waals surface area contributed by atoms with E-state index in [2.05, 4.69) is 16.0 Å². The fraction of sp³-hybridized carbons (Fsp3) is 0.333. The van der Waals surface area contributed by atoms with Gasteiger partial charge >= 0.3 is 6.03 Å². The van der Waals surface area contributed by atoms with Crippen LogP contribution < -0.4 is 30.2 Å². The lowest BCUT2D eigenvalue weighted by Gasteiger charge is -2.31. The monoisotopic (exact) mass is 469 g/mol. The molecule has 0 bridgehead atoms. The molecule has 0 saturated carbocycles. The van der Waals surface area contributed by atoms with Gasteiger partial charge in [-0.25, -0.2) is 4.79 Å². The summed E-state index contributed by atoms with van der Waals surface area (Å²) in [7, 11) is 1.60. The lowest BCUT2D eigenvalue weighted by Crippen LogP contribution is -2.50. The van der Waals surface area contributed by atoms with Gasteiger partial charge in [0.2, 0.25) is 12.7 Å². The SMILES string of the molecule is COc1ccc(CNC(=O)C[C@H]2C=C[C@@H](NC(=O)Nc3ccc4c(c3)OCO4)[C@H](CO)O2)cc1. The summed E-state index contributed by atoms with van der Waals surface area (Å²) >= 11 is 0. The Morgan fingerprint density at radius 1 is 1.09 bits per heavy atom. The van der Waals surface area contributed by atoms with Gasteiger partial charge in [0.05, 0.1) is 32.3 Å². The number of fused-ring (bicyclic) bond motifs is 1. The Labute approximate surface area is 196 Å². The molecule has 2 aromatic carbocycles. The number of methoxy groups -OCH3 is 1. The summed E-state index contributed by atoms with van der Waals surface area (Å²) < 4.78 is 21.5. The number of aliphatic hydroxyl groups is 1. The molecule has 0 radical (unpaired) electrons. The summed E-state index contributed by atoms with van der Waals surface area (Å²) in [4.78, 5) is 24.8. The van der Waals surface area contributed by atoms with Crippen LogP contribution in [-0.2, 0) is 16.1 Å². The fourth-order valence-electron chi connectivity index (χ4n) is 3.63. The molecule has 3 atom stereocenters. The molecule has 180 valence electrons. The van der Waals surface area contributed by atoms with Gasteiger partial charge in [0, 0.05) is 18.3 Å². The first-order chi connectivity index (χ1) is 16.5. The van der Waals surface area contributed by atoms with E-state index in [4.69, 9.17) is 18.9 Å². The number of ether oxygens (including phenoxy) is 4. The molecule has 4 rings (SSSR count). The van der Waals surface area contributed by atoms with Crippen molar-refractivity contribution in [1.29, 1.82) is 0 Å². The number of hydrogen-bond acceptors (Lipinski definition) is 7. The van der Waals surface area contributed by atoms with E-state index in [1.54, 1.807) is 37.5 Å². The molecule has 4 N–H and O–H groups in total. The van der Waals surface area contributed by atoms with Crippen LogP contribution in [0.3, 0.4) is 0 Å². The molecular weight excluding hydrogens is 442 g/mol. The number of rotatable bonds is 8. The molecule has 0 saturated heterocycles. The first kappa shape index (κ1) is 23.4. The first-order valence-corrected chi connectivity index (χ1v) is 10.9. The van der Waals surface area contributed by atoms with Crippen LogP contribution in [0.25, 0.3) is 0 Å². The molecule has 0 aliphatic carbocycles. The molecule has 3 amide bonds. The standard InChI is InChI=1S/C24H27N3O7/c1-31-17-5-2-15(3-6-17)12-25-23(29)11-18-7-8-19(22(13-28)34-18)27-24(30)26-16-4-9-20-21(10-16)33-14-32-20/h2-10,18-19,22,28H,11-14H2,1H3,(H,25,29)(H2,26,27,30)/t18-,19-,22+/m1/s1. The molecule has 0 unspecified atom stereocenters. The summed E-state index contributed by atoms with van der Waals surface area (Å²) in [5.41, 5.74) is 1.48. The van der Waals surface area contributed by atoms with Gasteiger partial charge in [-0.1, -0.05) is 24.3 Å². The van der Waals surface area contributed by atoms with Crippen molar-refractivity contribution in [3.63, 3.8) is 0 Å². The van der Waals surface area contributed by atoms with E-state index in [-0.39, 0.29) is 25.7 Å². The maximum atomic E-state index is 12.4. The van der Waals surface area contributed by atoms with Crippen LogP contribution in [0.4, 0.5) is 10.5 Å². The Balaban J connectivity index is 1.25. The quantitative estimate of drug-likeness (QED) is 0.435. The molecule has 34 heavy (non-hydrogen) atoms. The lowest BCUT2D eigenvalue weighted by atomic mass is 10.0. The second-order valence-corrected chi connectivity index (χ2v) is 7.80. The normalized spacial score (nSPS) is 20.5. The molecule has 2 aliphatic rings. The number of hydrogen-bond donors (Lipinski definition) is 4. The third-order valence-electron chi connectivity index (χ3n) is 5.43. The topological polar surface area (TPSA) is 127 Å². The van der Waals surface area contributed by atoms with Crippen molar-refractivity contribution < 1.29 is 33.6 Å². The Morgan fingerprint density at radius 2 is 1.88 bits per heavy atom. The predicted molar refractivity (Wildman–Crippen MR) is 123 cm³/mol. The van der Waals surface area contributed by atoms with Crippen molar-refractivity contribution in [3.05, 3.63) is 60.2 Å². The van der Waals surface area contributed by atoms with Gasteiger partial charge in [-0.05, 0) is 29.8 Å². The van der Waals surface area contributed by atoms with E-state index < -0.39 is 24.3 Å². The van der Waals surface area contributed by atoms with Crippen LogP contribution in [0.5, 0.6) is 17.2 Å². The minimum Gasteiger partial charge on any atom is -0.497 e. The number of amides is 3. The molecule has 10 nitrogen and oxygen atoms in total. The van der Waals surface area contributed by atoms with Crippen LogP contribution in [0, 0.1) is 0 Å². The van der Waals surface area contributed by atoms with E-state index in [1.807, 2.05) is 24.3 Å². The highest BCUT2D eigenvalue weighted by molar-refractivity contribution is 5.90. The zero-order valence-electron chi connectivity index (χ0n) is 18.7. The Bertz CT molecular complexity index is 1040. The molecular formula is C24H27N3O7. The maximum Gasteiger partial charge on any atom is 0.319 e. The molecule has 10 heteroatoms. The van der Waals surface area contributed by atoms with E-state index in [1.165, 1.54) is 0 Å². The second kappa shape index (κ2) is 10.9. The molecule has 2 aromatic rings. The highest BCUT2D eigenvalue weighted by Crippen LogP contribution is 2.34. The number of anilines is 1. The summed E-state index contributed by atoms with van der Waals surface area (Å²) in [6, 6.07) is 11.5. The van der Waals surface area contributed by atoms with E-state index in [0.29, 0.717) is 23.7 Å². The molecule has 2 heterocycles. The van der Waals surface area contributed by atoms with Gasteiger partial charge in [0.25, 0.3) is 0 Å². The van der Waals surface area contributed by atoms with Crippen LogP contribution in [0.1, 0.15) is 12.0 Å². The zero-order valence-corrected chi connectivity index (χ0v) is 18.7. The lowest BCUT2D eigenvalue weighted by molar-refractivity contribution is -0.125. The largest absolute Gasteiger partial charge is 0.497 e. The maximum absolute atomic E-state index is 12.4. The van der Waals surface area contributed by atoms with Crippen LogP contribution >= 0.6 is 0 Å². The summed E-state index contributed by atoms with van der Waals surface area (Å²) in [6.45, 7) is 0.213. The van der Waals surface area contributed by atoms with Crippen molar-refractivity contribution in [2.24, 2.45) is 0 Å². The molecule has 0 aromatic heterocycles. The second-order valence-electron chi connectivity index (χ2n) is 7.80. The van der Waals surface area contributed by atoms with Gasteiger partial charge in [-0.3, -0.25) is 4.79 Å². The number of nitrogens with one attached hydrogen (secondary N) is 3. The van der Waals surface area contributed by atoms with Gasteiger partial charge in [-0.15, -0.1) is 0 Å². The van der Waals surface area contributed by atoms with Crippen molar-refractivity contribution >= 4 is 17.6 Å². The smallest absolute Gasteiger partial charge is 0.319 e. The van der Waals surface area contributed by atoms with E-state index in [0.717, 1.165) is 11.3 Å². The van der Waals surface area contributed by atoms with Crippen molar-refractivity contribution in [2.75, 3.05) is 25.8 Å². The summed E-state index contributed by atoms with van der Waals surface area (Å²) in [5.74, 6) is 1.74. The Kier molecular flexibility index (Phi) is 7.51. The molecule has 0 spiro atoms. The molecule has 0 fully saturated rings. The number of carbonyl (C=O) groups excluding carboxylic acids is 2. The number of aliphatic hydroxyl groups excluding tert-OH is 1. The van der Waals surface area contributed by atoms with Crippen LogP contribution in [-0.4, -0.2) is 55.8 Å². The van der Waals surface area contributed by atoms with Crippen LogP contribution in [0.15, 0.2) is 54.6 Å². The number of benzene rings is 2. The molecule has 2 aliphatic heterocycles. The summed E-state index contributed by atoms with van der Waals surface area (Å²) in [6.07, 6.45) is 2.34. The fourth-order valence-corrected chi connectivity index (χ4v) is 3.63. The van der Waals surface area contributed by atoms with Crippen molar-refractivity contribution in [3.8, 4) is 17.2 Å². The van der Waals surface area contributed by atoms with Gasteiger partial charge in [0.15, 0.2) is 11.5 Å². The number of urea groups is 1. The third kappa shape index (κ3) is 5.97. The predicted octanol–water partition coefficient (Wildman–Crippen LogP) is 1.94. The van der Waals surface area contributed by atoms with Crippen molar-refractivity contribution in [1.82, 2.24) is 10.6 Å². The van der Waals surface area contributed by atoms with Gasteiger partial charge < -0.3 is 40.0 Å². The average Bonchev–Trinajstić information content (AvgIpc) is 3.32. The third-order valence-corrected chi connectivity index (χ3v) is 5.43. The van der Waals surface area contributed by atoms with Gasteiger partial charge in [0.1, 0.15) is 11.9 Å². The highest BCUT2D eigenvalue weighted by atomic mass is 16.7. The first-order valence-electron chi connectivity index (χ1n) is 10.9. The minimum atomic E-state index is -0.688. The average molecular weight is 469 g/mol. The van der Waals surface area contributed by atoms with E-state index in [9.17, 15) is 14.7 Å². The highest BCUT2D eigenvalue weighted by Gasteiger charge is 2.29. The van der Waals surface area contributed by atoms with Crippen LogP contribution in [0.2, 0.25) is 0 Å². The van der Waals surface area contributed by atoms with Crippen molar-refractivity contribution in [2.45, 2.75) is 31.2 Å².